The van der Waals surface area contributed by atoms with E-state index < -0.39 is 6.04 Å². The molecule has 134 valence electrons. The minimum atomic E-state index is -0.423. The summed E-state index contributed by atoms with van der Waals surface area (Å²) in [7, 11) is 0. The van der Waals surface area contributed by atoms with Gasteiger partial charge in [-0.25, -0.2) is 4.39 Å². The summed E-state index contributed by atoms with van der Waals surface area (Å²) in [5, 5.41) is 9.56. The summed E-state index contributed by atoms with van der Waals surface area (Å²) in [6.07, 6.45) is 0. The van der Waals surface area contributed by atoms with Gasteiger partial charge in [0.2, 0.25) is 0 Å². The van der Waals surface area contributed by atoms with Gasteiger partial charge in [0.15, 0.2) is 0 Å². The normalized spacial score (nSPS) is 16.2. The average Bonchev–Trinajstić information content (AvgIpc) is 2.66. The van der Waals surface area contributed by atoms with Gasteiger partial charge in [-0.15, -0.1) is 0 Å². The Morgan fingerprint density at radius 3 is 2.35 bits per heavy atom. The zero-order chi connectivity index (χ0) is 18.7. The Labute approximate surface area is 153 Å². The molecule has 1 aliphatic heterocycles. The molecule has 5 heteroatoms. The van der Waals surface area contributed by atoms with Crippen LogP contribution in [0, 0.1) is 31.0 Å². The van der Waals surface area contributed by atoms with Crippen LogP contribution in [0.1, 0.15) is 33.1 Å². The first kappa shape index (κ1) is 18.1. The van der Waals surface area contributed by atoms with Crippen LogP contribution in [0.3, 0.4) is 0 Å². The highest BCUT2D eigenvalue weighted by Gasteiger charge is 2.28. The van der Waals surface area contributed by atoms with E-state index in [0.29, 0.717) is 26.2 Å². The van der Waals surface area contributed by atoms with E-state index in [0.717, 1.165) is 22.3 Å². The molecule has 26 heavy (non-hydrogen) atoms. The summed E-state index contributed by atoms with van der Waals surface area (Å²) in [6.45, 7) is 6.31. The predicted octanol–water partition coefficient (Wildman–Crippen LogP) is 3.47. The van der Waals surface area contributed by atoms with Gasteiger partial charge in [-0.2, -0.15) is 5.26 Å². The van der Waals surface area contributed by atoms with Gasteiger partial charge in [-0.3, -0.25) is 9.69 Å². The maximum Gasteiger partial charge on any atom is 0.254 e. The Balaban J connectivity index is 1.68. The lowest BCUT2D eigenvalue weighted by atomic mass is 10.0. The molecule has 2 aromatic carbocycles. The number of nitriles is 1. The van der Waals surface area contributed by atoms with Gasteiger partial charge < -0.3 is 4.90 Å². The zero-order valence-electron chi connectivity index (χ0n) is 15.1. The molecule has 1 atom stereocenters. The molecule has 0 bridgehead atoms. The maximum absolute atomic E-state index is 13.1. The Morgan fingerprint density at radius 1 is 1.08 bits per heavy atom. The molecule has 1 heterocycles. The smallest absolute Gasteiger partial charge is 0.254 e. The first-order chi connectivity index (χ1) is 12.5. The lowest BCUT2D eigenvalue weighted by molar-refractivity contribution is 0.0605. The van der Waals surface area contributed by atoms with E-state index in [4.69, 9.17) is 0 Å². The molecule has 3 rings (SSSR count). The van der Waals surface area contributed by atoms with Crippen LogP contribution < -0.4 is 0 Å². The van der Waals surface area contributed by atoms with Crippen molar-refractivity contribution in [3.63, 3.8) is 0 Å². The minimum absolute atomic E-state index is 0.0427. The Kier molecular flexibility index (Phi) is 5.34. The third-order valence-corrected chi connectivity index (χ3v) is 4.90. The largest absolute Gasteiger partial charge is 0.336 e. The van der Waals surface area contributed by atoms with Crippen molar-refractivity contribution >= 4 is 5.91 Å². The fourth-order valence-corrected chi connectivity index (χ4v) is 3.33. The van der Waals surface area contributed by atoms with Crippen LogP contribution in [0.4, 0.5) is 4.39 Å². The fraction of sp³-hybridized carbons (Fsp3) is 0.333. The number of carbonyl (C=O) groups excluding carboxylic acids is 1. The third-order valence-electron chi connectivity index (χ3n) is 4.90. The van der Waals surface area contributed by atoms with Crippen molar-refractivity contribution in [1.82, 2.24) is 9.80 Å². The molecule has 4 nitrogen and oxygen atoms in total. The van der Waals surface area contributed by atoms with Crippen LogP contribution in [0.2, 0.25) is 0 Å². The van der Waals surface area contributed by atoms with E-state index in [-0.39, 0.29) is 11.7 Å². The number of halogens is 1. The number of amides is 1. The molecule has 0 aliphatic carbocycles. The highest BCUT2D eigenvalue weighted by atomic mass is 19.1. The SMILES string of the molecule is Cc1ccc(C)c(C(=O)N2CCN([C@H](C#N)c3ccc(F)cc3)CC2)c1. The van der Waals surface area contributed by atoms with E-state index in [9.17, 15) is 14.4 Å². The predicted molar refractivity (Wildman–Crippen MR) is 98.1 cm³/mol. The fourth-order valence-electron chi connectivity index (χ4n) is 3.33. The van der Waals surface area contributed by atoms with Crippen molar-refractivity contribution in [1.29, 1.82) is 5.26 Å². The molecular formula is C21H22FN3O. The van der Waals surface area contributed by atoms with Gasteiger partial charge in [-0.05, 0) is 43.2 Å². The molecule has 2 aromatic rings. The second-order valence-corrected chi connectivity index (χ2v) is 6.73. The molecule has 0 radical (unpaired) electrons. The topological polar surface area (TPSA) is 47.3 Å². The van der Waals surface area contributed by atoms with Crippen molar-refractivity contribution in [3.8, 4) is 6.07 Å². The lowest BCUT2D eigenvalue weighted by Gasteiger charge is -2.37. The highest BCUT2D eigenvalue weighted by Crippen LogP contribution is 2.23. The first-order valence-electron chi connectivity index (χ1n) is 8.75. The first-order valence-corrected chi connectivity index (χ1v) is 8.75. The molecule has 1 saturated heterocycles. The second kappa shape index (κ2) is 7.67. The van der Waals surface area contributed by atoms with Crippen LogP contribution in [-0.4, -0.2) is 41.9 Å². The minimum Gasteiger partial charge on any atom is -0.336 e. The molecule has 1 aliphatic rings. The summed E-state index contributed by atoms with van der Waals surface area (Å²) >= 11 is 0. The number of aryl methyl sites for hydroxylation is 2. The van der Waals surface area contributed by atoms with Crippen LogP contribution in [-0.2, 0) is 0 Å². The number of nitrogens with zero attached hydrogens (tertiary/aromatic N) is 3. The molecule has 0 spiro atoms. The van der Waals surface area contributed by atoms with Crippen LogP contribution in [0.5, 0.6) is 0 Å². The summed E-state index contributed by atoms with van der Waals surface area (Å²) in [5.74, 6) is -0.268. The zero-order valence-corrected chi connectivity index (χ0v) is 15.1. The van der Waals surface area contributed by atoms with Gasteiger partial charge in [0.25, 0.3) is 5.91 Å². The van der Waals surface area contributed by atoms with Gasteiger partial charge >= 0.3 is 0 Å². The van der Waals surface area contributed by atoms with Crippen molar-refractivity contribution in [3.05, 3.63) is 70.5 Å². The van der Waals surface area contributed by atoms with Gasteiger partial charge in [-0.1, -0.05) is 29.8 Å². The Morgan fingerprint density at radius 2 is 1.73 bits per heavy atom. The highest BCUT2D eigenvalue weighted by molar-refractivity contribution is 5.95. The van der Waals surface area contributed by atoms with Gasteiger partial charge in [0, 0.05) is 31.7 Å². The molecular weight excluding hydrogens is 329 g/mol. The lowest BCUT2D eigenvalue weighted by Crippen LogP contribution is -2.49. The van der Waals surface area contributed by atoms with E-state index >= 15 is 0 Å². The van der Waals surface area contributed by atoms with E-state index in [1.165, 1.54) is 12.1 Å². The molecule has 1 fully saturated rings. The summed E-state index contributed by atoms with van der Waals surface area (Å²) in [6, 6.07) is 13.8. The molecule has 0 unspecified atom stereocenters. The van der Waals surface area contributed by atoms with Crippen molar-refractivity contribution in [2.75, 3.05) is 26.2 Å². The van der Waals surface area contributed by atoms with E-state index in [1.807, 2.05) is 41.8 Å². The van der Waals surface area contributed by atoms with E-state index in [1.54, 1.807) is 12.1 Å². The molecule has 0 N–H and O–H groups in total. The quantitative estimate of drug-likeness (QED) is 0.851. The van der Waals surface area contributed by atoms with Crippen LogP contribution >= 0.6 is 0 Å². The number of hydrogen-bond donors (Lipinski definition) is 0. The summed E-state index contributed by atoms with van der Waals surface area (Å²) in [5.41, 5.74) is 3.57. The Bertz CT molecular complexity index is 833. The van der Waals surface area contributed by atoms with Crippen molar-refractivity contribution in [2.24, 2.45) is 0 Å². The molecule has 0 saturated carbocycles. The second-order valence-electron chi connectivity index (χ2n) is 6.73. The van der Waals surface area contributed by atoms with Gasteiger partial charge in [0.05, 0.1) is 6.07 Å². The van der Waals surface area contributed by atoms with E-state index in [2.05, 4.69) is 6.07 Å². The van der Waals surface area contributed by atoms with Crippen molar-refractivity contribution in [2.45, 2.75) is 19.9 Å². The summed E-state index contributed by atoms with van der Waals surface area (Å²) in [4.78, 5) is 16.7. The average molecular weight is 351 g/mol. The summed E-state index contributed by atoms with van der Waals surface area (Å²) < 4.78 is 13.1. The van der Waals surface area contributed by atoms with Crippen LogP contribution in [0.25, 0.3) is 0 Å². The van der Waals surface area contributed by atoms with Gasteiger partial charge in [0.1, 0.15) is 11.9 Å². The molecule has 1 amide bonds. The number of rotatable bonds is 3. The molecule has 0 aromatic heterocycles. The number of hydrogen-bond acceptors (Lipinski definition) is 3. The standard InChI is InChI=1S/C21H22FN3O/c1-15-3-4-16(2)19(13-15)21(26)25-11-9-24(10-12-25)20(14-23)17-5-7-18(22)8-6-17/h3-8,13,20H,9-12H2,1-2H3/t20-/m1/s1. The maximum atomic E-state index is 13.1. The van der Waals surface area contributed by atoms with Crippen molar-refractivity contribution < 1.29 is 9.18 Å². The third kappa shape index (κ3) is 3.76. The number of benzene rings is 2. The van der Waals surface area contributed by atoms with Crippen LogP contribution in [0.15, 0.2) is 42.5 Å². The Hall–Kier alpha value is -2.71. The number of piperazine rings is 1. The monoisotopic (exact) mass is 351 g/mol. The number of carbonyl (C=O) groups is 1.